The first-order chi connectivity index (χ1) is 15.9. The minimum atomic E-state index is 0.180. The number of hydrogen-bond acceptors (Lipinski definition) is 0. The van der Waals surface area contributed by atoms with Gasteiger partial charge in [0.2, 0.25) is 0 Å². The molecule has 0 N–H and O–H groups in total. The second-order valence-corrected chi connectivity index (χ2v) is 13.7. The fraction of sp³-hybridized carbons (Fsp3) is 0.424. The van der Waals surface area contributed by atoms with Gasteiger partial charge < -0.3 is 0 Å². The van der Waals surface area contributed by atoms with Gasteiger partial charge in [0, 0.05) is 0 Å². The van der Waals surface area contributed by atoms with E-state index in [4.69, 9.17) is 0 Å². The van der Waals surface area contributed by atoms with E-state index < -0.39 is 0 Å². The molecule has 1 fully saturated rings. The topological polar surface area (TPSA) is 0 Å². The van der Waals surface area contributed by atoms with Crippen molar-refractivity contribution in [3.05, 3.63) is 82.9 Å². The van der Waals surface area contributed by atoms with Crippen LogP contribution in [0.25, 0.3) is 21.5 Å². The van der Waals surface area contributed by atoms with Crippen LogP contribution in [0.5, 0.6) is 0 Å². The molecule has 1 aliphatic carbocycles. The maximum absolute atomic E-state index is 2.43. The van der Waals surface area contributed by atoms with Gasteiger partial charge in [0.25, 0.3) is 0 Å². The second-order valence-electron chi connectivity index (χ2n) is 11.9. The van der Waals surface area contributed by atoms with Crippen LogP contribution in [0, 0.1) is 13.8 Å². The molecule has 0 atom stereocenters. The molecule has 178 valence electrons. The molecular weight excluding hydrogens is 488 g/mol. The van der Waals surface area contributed by atoms with Crippen molar-refractivity contribution in [2.75, 3.05) is 0 Å². The number of aryl methyl sites for hydroxylation is 2. The van der Waals surface area contributed by atoms with Crippen molar-refractivity contribution in [3.8, 4) is 0 Å². The van der Waals surface area contributed by atoms with Crippen molar-refractivity contribution >= 4 is 24.8 Å². The molecule has 0 aromatic heterocycles. The predicted molar refractivity (Wildman–Crippen MR) is 149 cm³/mol. The minimum Gasteiger partial charge on any atom is -0.214 e. The summed E-state index contributed by atoms with van der Waals surface area (Å²) in [6.45, 7) is 18.3. The average molecular weight is 530 g/mol. The molecule has 1 aliphatic rings. The number of fused-ring (bicyclic) bond motifs is 3. The Morgan fingerprint density at radius 2 is 1.09 bits per heavy atom. The molecule has 4 aromatic rings. The van der Waals surface area contributed by atoms with Gasteiger partial charge in [0.05, 0.1) is 0 Å². The van der Waals surface area contributed by atoms with Gasteiger partial charge in [0.15, 0.2) is 0 Å². The zero-order valence-electron chi connectivity index (χ0n) is 22.6. The SMILES string of the molecule is Cc1cc2[cH-]c3cc(C)c(C(C)(C)C)cc3c2cc1C(C)(C)C.[Zr+2]=[C]1CCCC1.c1cc[cH-]c1. The second kappa shape index (κ2) is 11.0. The molecule has 0 amide bonds. The van der Waals surface area contributed by atoms with Gasteiger partial charge in [-0.25, -0.2) is 12.1 Å². The summed E-state index contributed by atoms with van der Waals surface area (Å²) in [7, 11) is 0. The third kappa shape index (κ3) is 6.75. The molecule has 0 heterocycles. The summed E-state index contributed by atoms with van der Waals surface area (Å²) in [6, 6.07) is 21.9. The van der Waals surface area contributed by atoms with E-state index in [0.29, 0.717) is 0 Å². The van der Waals surface area contributed by atoms with E-state index in [9.17, 15) is 0 Å². The Kier molecular flexibility index (Phi) is 8.73. The van der Waals surface area contributed by atoms with Gasteiger partial charge in [-0.1, -0.05) is 75.9 Å². The summed E-state index contributed by atoms with van der Waals surface area (Å²) < 4.78 is 1.79. The van der Waals surface area contributed by atoms with Crippen LogP contribution < -0.4 is 0 Å². The maximum Gasteiger partial charge on any atom is -0.172 e. The Morgan fingerprint density at radius 1 is 0.676 bits per heavy atom. The van der Waals surface area contributed by atoms with E-state index in [-0.39, 0.29) is 10.8 Å². The molecule has 0 spiro atoms. The maximum atomic E-state index is 2.43. The predicted octanol–water partition coefficient (Wildman–Crippen LogP) is 9.61. The Balaban J connectivity index is 0.000000239. The van der Waals surface area contributed by atoms with Crippen LogP contribution in [-0.2, 0) is 35.1 Å². The Morgan fingerprint density at radius 3 is 1.35 bits per heavy atom. The third-order valence-corrected chi connectivity index (χ3v) is 8.00. The van der Waals surface area contributed by atoms with Gasteiger partial charge in [-0.2, -0.15) is 18.2 Å². The van der Waals surface area contributed by atoms with Crippen LogP contribution in [0.2, 0.25) is 0 Å². The van der Waals surface area contributed by atoms with Gasteiger partial charge in [-0.15, -0.1) is 39.7 Å². The van der Waals surface area contributed by atoms with Crippen molar-refractivity contribution in [2.24, 2.45) is 0 Å². The molecule has 5 rings (SSSR count). The Bertz CT molecular complexity index is 1130. The van der Waals surface area contributed by atoms with Crippen molar-refractivity contribution in [3.63, 3.8) is 0 Å². The number of benzene rings is 2. The summed E-state index contributed by atoms with van der Waals surface area (Å²) in [5.41, 5.74) is 6.06. The average Bonchev–Trinajstić information content (AvgIpc) is 3.48. The fourth-order valence-electron chi connectivity index (χ4n) is 5.07. The van der Waals surface area contributed by atoms with E-state index in [0.717, 1.165) is 0 Å². The summed E-state index contributed by atoms with van der Waals surface area (Å²) in [6.07, 6.45) is 5.83. The van der Waals surface area contributed by atoms with Crippen molar-refractivity contribution in [1.29, 1.82) is 0 Å². The smallest absolute Gasteiger partial charge is 0.172 e. The summed E-state index contributed by atoms with van der Waals surface area (Å²) >= 11 is 1.68. The van der Waals surface area contributed by atoms with Crippen LogP contribution in [0.15, 0.2) is 60.7 Å². The Hall–Kier alpha value is -1.59. The van der Waals surface area contributed by atoms with Crippen molar-refractivity contribution in [2.45, 2.75) is 91.9 Å². The zero-order valence-corrected chi connectivity index (χ0v) is 25.1. The van der Waals surface area contributed by atoms with Gasteiger partial charge >= 0.3 is 53.1 Å². The van der Waals surface area contributed by atoms with E-state index in [1.54, 1.807) is 27.4 Å². The van der Waals surface area contributed by atoms with Gasteiger partial charge in [0.1, 0.15) is 0 Å². The Labute approximate surface area is 222 Å². The first-order valence-corrected chi connectivity index (χ1v) is 14.0. The molecule has 1 heteroatoms. The molecule has 0 bridgehead atoms. The zero-order chi connectivity index (χ0) is 25.1. The molecular formula is C33H42Zr. The minimum absolute atomic E-state index is 0.180. The summed E-state index contributed by atoms with van der Waals surface area (Å²) in [5.74, 6) is 0. The largest absolute Gasteiger partial charge is 0.214 e. The molecule has 34 heavy (non-hydrogen) atoms. The number of hydrogen-bond donors (Lipinski definition) is 0. The van der Waals surface area contributed by atoms with E-state index >= 15 is 0 Å². The first-order valence-electron chi connectivity index (χ1n) is 12.8. The van der Waals surface area contributed by atoms with Crippen molar-refractivity contribution in [1.82, 2.24) is 0 Å². The quantitative estimate of drug-likeness (QED) is 0.199. The molecule has 0 aliphatic heterocycles. The van der Waals surface area contributed by atoms with Crippen LogP contribution in [0.1, 0.15) is 89.5 Å². The van der Waals surface area contributed by atoms with Crippen LogP contribution in [-0.4, -0.2) is 3.21 Å². The van der Waals surface area contributed by atoms with Gasteiger partial charge in [-0.05, 0) is 24.7 Å². The molecule has 1 saturated carbocycles. The molecule has 4 aromatic carbocycles. The van der Waals surface area contributed by atoms with E-state index in [2.05, 4.69) is 85.7 Å². The van der Waals surface area contributed by atoms with Gasteiger partial charge in [-0.3, -0.25) is 0 Å². The summed E-state index contributed by atoms with van der Waals surface area (Å²) in [4.78, 5) is 0. The van der Waals surface area contributed by atoms with E-state index in [1.165, 1.54) is 69.5 Å². The molecule has 0 unspecified atom stereocenters. The first kappa shape index (κ1) is 27.0. The van der Waals surface area contributed by atoms with Crippen LogP contribution >= 0.6 is 0 Å². The third-order valence-electron chi connectivity index (χ3n) is 6.77. The number of rotatable bonds is 0. The standard InChI is InChI=1S/C23H29.C5H8.C5H5.Zr/c1-14-9-16-11-17-10-15(2)21(23(6,7)8)13-19(17)18(16)12-20(14)22(3,4)5;2*1-2-4-5-3-1;/h9-13H,1-8H3;1-4H2;1-5H;/q-1;;-1;+2. The fourth-order valence-corrected chi connectivity index (χ4v) is 5.94. The monoisotopic (exact) mass is 528 g/mol. The molecule has 0 saturated heterocycles. The van der Waals surface area contributed by atoms with Crippen LogP contribution in [0.4, 0.5) is 0 Å². The molecule has 0 radical (unpaired) electrons. The van der Waals surface area contributed by atoms with Crippen LogP contribution in [0.3, 0.4) is 0 Å². The normalized spacial score (nSPS) is 14.1. The molecule has 0 nitrogen and oxygen atoms in total. The summed E-state index contributed by atoms with van der Waals surface area (Å²) in [5, 5.41) is 5.55. The van der Waals surface area contributed by atoms with E-state index in [1.807, 2.05) is 30.3 Å². The van der Waals surface area contributed by atoms with Crippen molar-refractivity contribution < 1.29 is 24.2 Å².